The largest absolute Gasteiger partial charge is 0.299 e. The van der Waals surface area contributed by atoms with Crippen LogP contribution in [0.4, 0.5) is 8.78 Å². The van der Waals surface area contributed by atoms with Crippen LogP contribution < -0.4 is 0 Å². The molecule has 1 aromatic rings. The summed E-state index contributed by atoms with van der Waals surface area (Å²) in [5, 5.41) is 0. The third kappa shape index (κ3) is 3.53. The standard InChI is InChI=1S/C19H26F2N2O2S/c20-16-8-17(21)10-18(9-16)26(24,25)23-7-6-19-15(13-23)12-22(19)11-14-4-2-1-3-5-14/h8-10,14-15,19H,1-7,11-13H2/t15-,19+/m0/s1. The molecule has 144 valence electrons. The van der Waals surface area contributed by atoms with Crippen molar-refractivity contribution in [1.82, 2.24) is 9.21 Å². The average molecular weight is 384 g/mol. The number of fused-ring (bicyclic) bond motifs is 1. The summed E-state index contributed by atoms with van der Waals surface area (Å²) in [4.78, 5) is 2.23. The van der Waals surface area contributed by atoms with Crippen molar-refractivity contribution in [3.05, 3.63) is 29.8 Å². The van der Waals surface area contributed by atoms with Crippen LogP contribution in [-0.4, -0.2) is 49.8 Å². The van der Waals surface area contributed by atoms with Crippen molar-refractivity contribution < 1.29 is 17.2 Å². The van der Waals surface area contributed by atoms with Crippen molar-refractivity contribution in [1.29, 1.82) is 0 Å². The molecule has 0 spiro atoms. The Morgan fingerprint density at radius 2 is 1.65 bits per heavy atom. The molecule has 1 saturated carbocycles. The highest BCUT2D eigenvalue weighted by molar-refractivity contribution is 7.89. The zero-order valence-electron chi connectivity index (χ0n) is 14.9. The van der Waals surface area contributed by atoms with E-state index in [1.165, 1.54) is 36.4 Å². The molecule has 1 aliphatic carbocycles. The molecule has 0 radical (unpaired) electrons. The van der Waals surface area contributed by atoms with Crippen molar-refractivity contribution in [3.63, 3.8) is 0 Å². The van der Waals surface area contributed by atoms with E-state index in [0.29, 0.717) is 31.1 Å². The Labute approximate surface area is 154 Å². The Morgan fingerprint density at radius 3 is 2.31 bits per heavy atom. The van der Waals surface area contributed by atoms with E-state index >= 15 is 0 Å². The van der Waals surface area contributed by atoms with E-state index in [2.05, 4.69) is 4.90 Å². The summed E-state index contributed by atoms with van der Waals surface area (Å²) < 4.78 is 53.7. The Hall–Kier alpha value is -1.05. The highest BCUT2D eigenvalue weighted by atomic mass is 32.2. The summed E-state index contributed by atoms with van der Waals surface area (Å²) >= 11 is 0. The van der Waals surface area contributed by atoms with Gasteiger partial charge in [0.15, 0.2) is 0 Å². The fourth-order valence-corrected chi connectivity index (χ4v) is 6.46. The second-order valence-electron chi connectivity index (χ2n) is 8.04. The smallest absolute Gasteiger partial charge is 0.243 e. The lowest BCUT2D eigenvalue weighted by molar-refractivity contribution is -0.0369. The Bertz CT molecular complexity index is 745. The quantitative estimate of drug-likeness (QED) is 0.800. The van der Waals surface area contributed by atoms with Crippen LogP contribution in [0.2, 0.25) is 0 Å². The van der Waals surface area contributed by atoms with E-state index in [-0.39, 0.29) is 4.90 Å². The van der Waals surface area contributed by atoms with Crippen LogP contribution in [0.5, 0.6) is 0 Å². The molecule has 4 rings (SSSR count). The Kier molecular flexibility index (Phi) is 5.05. The fraction of sp³-hybridized carbons (Fsp3) is 0.684. The zero-order valence-corrected chi connectivity index (χ0v) is 15.7. The van der Waals surface area contributed by atoms with Crippen molar-refractivity contribution in [2.45, 2.75) is 49.5 Å². The highest BCUT2D eigenvalue weighted by Gasteiger charge is 2.45. The molecule has 2 heterocycles. The molecule has 0 aromatic heterocycles. The van der Waals surface area contributed by atoms with Crippen LogP contribution >= 0.6 is 0 Å². The average Bonchev–Trinajstić information content (AvgIpc) is 2.59. The molecule has 2 aliphatic heterocycles. The molecule has 3 aliphatic rings. The highest BCUT2D eigenvalue weighted by Crippen LogP contribution is 2.36. The van der Waals surface area contributed by atoms with Gasteiger partial charge in [-0.3, -0.25) is 4.90 Å². The second-order valence-corrected chi connectivity index (χ2v) is 9.98. The molecule has 2 saturated heterocycles. The van der Waals surface area contributed by atoms with Crippen LogP contribution in [-0.2, 0) is 10.0 Å². The number of sulfonamides is 1. The van der Waals surface area contributed by atoms with Gasteiger partial charge in [-0.1, -0.05) is 19.3 Å². The molecule has 0 unspecified atom stereocenters. The molecule has 26 heavy (non-hydrogen) atoms. The monoisotopic (exact) mass is 384 g/mol. The molecule has 7 heteroatoms. The van der Waals surface area contributed by atoms with Gasteiger partial charge in [0.25, 0.3) is 0 Å². The maximum Gasteiger partial charge on any atom is 0.243 e. The number of piperidine rings is 1. The van der Waals surface area contributed by atoms with Crippen molar-refractivity contribution >= 4 is 10.0 Å². The second kappa shape index (κ2) is 7.17. The van der Waals surface area contributed by atoms with Crippen molar-refractivity contribution in [3.8, 4) is 0 Å². The van der Waals surface area contributed by atoms with E-state index in [0.717, 1.165) is 37.6 Å². The summed E-state index contributed by atoms with van der Waals surface area (Å²) in [5.41, 5.74) is 0. The van der Waals surface area contributed by atoms with E-state index in [4.69, 9.17) is 0 Å². The number of benzene rings is 1. The zero-order chi connectivity index (χ0) is 18.3. The van der Waals surface area contributed by atoms with Crippen molar-refractivity contribution in [2.24, 2.45) is 11.8 Å². The summed E-state index contributed by atoms with van der Waals surface area (Å²) in [5.74, 6) is -0.594. The predicted molar refractivity (Wildman–Crippen MR) is 95.2 cm³/mol. The lowest BCUT2D eigenvalue weighted by Crippen LogP contribution is -2.64. The van der Waals surface area contributed by atoms with Gasteiger partial charge in [0.2, 0.25) is 10.0 Å². The SMILES string of the molecule is O=S(=O)(c1cc(F)cc(F)c1)N1CC[C@@H]2[C@@H](CN2CC2CCCCC2)C1. The lowest BCUT2D eigenvalue weighted by atomic mass is 9.81. The number of likely N-dealkylation sites (tertiary alicyclic amines) is 1. The molecule has 4 nitrogen and oxygen atoms in total. The van der Waals surface area contributed by atoms with Gasteiger partial charge in [-0.25, -0.2) is 17.2 Å². The molecule has 0 N–H and O–H groups in total. The van der Waals surface area contributed by atoms with E-state index in [9.17, 15) is 17.2 Å². The molecule has 3 fully saturated rings. The van der Waals surface area contributed by atoms with Crippen LogP contribution in [0.1, 0.15) is 38.5 Å². The predicted octanol–water partition coefficient (Wildman–Crippen LogP) is 3.24. The third-order valence-electron chi connectivity index (χ3n) is 6.29. The first-order chi connectivity index (χ1) is 12.4. The van der Waals surface area contributed by atoms with Crippen molar-refractivity contribution in [2.75, 3.05) is 26.2 Å². The van der Waals surface area contributed by atoms with E-state index < -0.39 is 21.7 Å². The molecular weight excluding hydrogens is 358 g/mol. The van der Waals surface area contributed by atoms with Gasteiger partial charge >= 0.3 is 0 Å². The van der Waals surface area contributed by atoms with E-state index in [1.807, 2.05) is 0 Å². The van der Waals surface area contributed by atoms with Gasteiger partial charge in [-0.15, -0.1) is 0 Å². The Balaban J connectivity index is 1.39. The first kappa shape index (κ1) is 18.3. The number of nitrogens with zero attached hydrogens (tertiary/aromatic N) is 2. The molecule has 0 amide bonds. The third-order valence-corrected chi connectivity index (χ3v) is 8.13. The minimum Gasteiger partial charge on any atom is -0.299 e. The first-order valence-corrected chi connectivity index (χ1v) is 11.1. The van der Waals surface area contributed by atoms with Crippen LogP contribution in [0.15, 0.2) is 23.1 Å². The summed E-state index contributed by atoms with van der Waals surface area (Å²) in [6.07, 6.45) is 7.47. The minimum absolute atomic E-state index is 0.285. The lowest BCUT2D eigenvalue weighted by Gasteiger charge is -2.54. The van der Waals surface area contributed by atoms with Gasteiger partial charge in [-0.05, 0) is 37.3 Å². The summed E-state index contributed by atoms with van der Waals surface area (Å²) in [7, 11) is -3.84. The van der Waals surface area contributed by atoms with Crippen LogP contribution in [0.3, 0.4) is 0 Å². The topological polar surface area (TPSA) is 40.6 Å². The number of hydrogen-bond donors (Lipinski definition) is 0. The maximum absolute atomic E-state index is 13.4. The minimum atomic E-state index is -3.84. The van der Waals surface area contributed by atoms with Crippen LogP contribution in [0.25, 0.3) is 0 Å². The van der Waals surface area contributed by atoms with E-state index in [1.54, 1.807) is 0 Å². The molecule has 2 atom stereocenters. The van der Waals surface area contributed by atoms with Gasteiger partial charge in [0, 0.05) is 44.2 Å². The number of halogens is 2. The van der Waals surface area contributed by atoms with Gasteiger partial charge in [-0.2, -0.15) is 4.31 Å². The van der Waals surface area contributed by atoms with Crippen LogP contribution in [0, 0.1) is 23.5 Å². The number of hydrogen-bond acceptors (Lipinski definition) is 3. The number of rotatable bonds is 4. The summed E-state index contributed by atoms with van der Waals surface area (Å²) in [6.45, 7) is 2.95. The molecular formula is C19H26F2N2O2S. The molecule has 0 bridgehead atoms. The molecule has 1 aromatic carbocycles. The Morgan fingerprint density at radius 1 is 0.962 bits per heavy atom. The maximum atomic E-state index is 13.4. The fourth-order valence-electron chi connectivity index (χ4n) is 4.90. The summed E-state index contributed by atoms with van der Waals surface area (Å²) in [6, 6.07) is 2.97. The van der Waals surface area contributed by atoms with Gasteiger partial charge < -0.3 is 0 Å². The van der Waals surface area contributed by atoms with Gasteiger partial charge in [0.1, 0.15) is 11.6 Å². The first-order valence-electron chi connectivity index (χ1n) is 9.64. The normalized spacial score (nSPS) is 28.5. The van der Waals surface area contributed by atoms with Gasteiger partial charge in [0.05, 0.1) is 4.90 Å².